The summed E-state index contributed by atoms with van der Waals surface area (Å²) < 4.78 is 0. The van der Waals surface area contributed by atoms with E-state index in [4.69, 9.17) is 5.11 Å². The van der Waals surface area contributed by atoms with Gasteiger partial charge in [-0.25, -0.2) is 0 Å². The van der Waals surface area contributed by atoms with Crippen molar-refractivity contribution in [3.05, 3.63) is 0 Å². The molecule has 2 rings (SSSR count). The maximum Gasteiger partial charge on any atom is 0.306 e. The molecule has 1 spiro atoms. The second kappa shape index (κ2) is 3.51. The van der Waals surface area contributed by atoms with E-state index in [9.17, 15) is 9.59 Å². The highest BCUT2D eigenvalue weighted by atomic mass is 16.4. The summed E-state index contributed by atoms with van der Waals surface area (Å²) in [4.78, 5) is 21.3. The van der Waals surface area contributed by atoms with Crippen LogP contribution in [-0.4, -0.2) is 23.5 Å². The molecule has 0 aromatic rings. The van der Waals surface area contributed by atoms with E-state index in [2.05, 4.69) is 5.32 Å². The molecule has 0 bridgehead atoms. The maximum absolute atomic E-state index is 10.7. The molecule has 15 heavy (non-hydrogen) atoms. The number of carboxylic acid groups (broad SMARTS) is 1. The third-order valence-electron chi connectivity index (χ3n) is 3.79. The Kier molecular flexibility index (Phi) is 2.44. The van der Waals surface area contributed by atoms with E-state index in [-0.39, 0.29) is 11.8 Å². The first kappa shape index (κ1) is 10.5. The van der Waals surface area contributed by atoms with Crippen molar-refractivity contribution in [2.75, 3.05) is 6.54 Å². The van der Waals surface area contributed by atoms with E-state index in [0.717, 1.165) is 32.2 Å². The molecule has 0 aromatic carbocycles. The van der Waals surface area contributed by atoms with Crippen LogP contribution >= 0.6 is 0 Å². The van der Waals surface area contributed by atoms with E-state index in [1.807, 2.05) is 0 Å². The molecule has 2 fully saturated rings. The van der Waals surface area contributed by atoms with Gasteiger partial charge in [0, 0.05) is 13.5 Å². The Bertz CT molecular complexity index is 286. The predicted molar refractivity (Wildman–Crippen MR) is 54.2 cm³/mol. The molecule has 2 saturated carbocycles. The van der Waals surface area contributed by atoms with Gasteiger partial charge in [-0.15, -0.1) is 0 Å². The zero-order chi connectivity index (χ0) is 11.1. The van der Waals surface area contributed by atoms with Gasteiger partial charge in [0.2, 0.25) is 5.91 Å². The first-order chi connectivity index (χ1) is 7.01. The molecule has 4 nitrogen and oxygen atoms in total. The van der Waals surface area contributed by atoms with Crippen molar-refractivity contribution in [3.63, 3.8) is 0 Å². The molecule has 0 heterocycles. The Morgan fingerprint density at radius 2 is 1.93 bits per heavy atom. The quantitative estimate of drug-likeness (QED) is 0.732. The minimum absolute atomic E-state index is 0.0213. The highest BCUT2D eigenvalue weighted by molar-refractivity contribution is 5.73. The van der Waals surface area contributed by atoms with Crippen LogP contribution in [0.25, 0.3) is 0 Å². The van der Waals surface area contributed by atoms with Gasteiger partial charge in [0.05, 0.1) is 5.92 Å². The van der Waals surface area contributed by atoms with E-state index in [1.165, 1.54) is 6.92 Å². The Balaban J connectivity index is 1.67. The fraction of sp³-hybridized carbons (Fsp3) is 0.818. The van der Waals surface area contributed by atoms with Gasteiger partial charge in [-0.1, -0.05) is 0 Å². The van der Waals surface area contributed by atoms with Crippen LogP contribution in [0.5, 0.6) is 0 Å². The van der Waals surface area contributed by atoms with Gasteiger partial charge in [0.15, 0.2) is 0 Å². The number of hydrogen-bond acceptors (Lipinski definition) is 2. The average molecular weight is 211 g/mol. The van der Waals surface area contributed by atoms with Crippen molar-refractivity contribution in [1.82, 2.24) is 5.32 Å². The first-order valence-electron chi connectivity index (χ1n) is 5.48. The van der Waals surface area contributed by atoms with Gasteiger partial charge in [0.1, 0.15) is 0 Å². The van der Waals surface area contributed by atoms with Crippen molar-refractivity contribution in [2.45, 2.75) is 32.6 Å². The van der Waals surface area contributed by atoms with Gasteiger partial charge in [-0.3, -0.25) is 9.59 Å². The maximum atomic E-state index is 10.7. The van der Waals surface area contributed by atoms with Gasteiger partial charge in [-0.2, -0.15) is 0 Å². The molecule has 4 heteroatoms. The lowest BCUT2D eigenvalue weighted by Crippen LogP contribution is -2.52. The SMILES string of the molecule is CC(=O)NCC1CC2(C1)CC(C(=O)O)C2. The topological polar surface area (TPSA) is 66.4 Å². The van der Waals surface area contributed by atoms with Gasteiger partial charge in [0.25, 0.3) is 0 Å². The second-order valence-corrected chi connectivity index (χ2v) is 5.15. The Hall–Kier alpha value is -1.06. The number of aliphatic carboxylic acids is 1. The molecular formula is C11H17NO3. The summed E-state index contributed by atoms with van der Waals surface area (Å²) in [6, 6.07) is 0. The summed E-state index contributed by atoms with van der Waals surface area (Å²) in [5, 5.41) is 11.6. The fourth-order valence-corrected chi connectivity index (χ4v) is 3.09. The largest absolute Gasteiger partial charge is 0.481 e. The molecular weight excluding hydrogens is 194 g/mol. The summed E-state index contributed by atoms with van der Waals surface area (Å²) in [5.41, 5.74) is 0.326. The number of carbonyl (C=O) groups is 2. The zero-order valence-corrected chi connectivity index (χ0v) is 8.95. The lowest BCUT2D eigenvalue weighted by molar-refractivity contribution is -0.157. The van der Waals surface area contributed by atoms with Crippen molar-refractivity contribution >= 4 is 11.9 Å². The summed E-state index contributed by atoms with van der Waals surface area (Å²) in [7, 11) is 0. The number of carbonyl (C=O) groups excluding carboxylic acids is 1. The minimum Gasteiger partial charge on any atom is -0.481 e. The van der Waals surface area contributed by atoms with Crippen molar-refractivity contribution in [3.8, 4) is 0 Å². The molecule has 0 radical (unpaired) electrons. The number of amides is 1. The van der Waals surface area contributed by atoms with Gasteiger partial charge < -0.3 is 10.4 Å². The summed E-state index contributed by atoms with van der Waals surface area (Å²) in [6.45, 7) is 2.28. The zero-order valence-electron chi connectivity index (χ0n) is 8.95. The number of rotatable bonds is 3. The van der Waals surface area contributed by atoms with E-state index in [1.54, 1.807) is 0 Å². The molecule has 84 valence electrons. The van der Waals surface area contributed by atoms with Crippen molar-refractivity contribution in [2.24, 2.45) is 17.3 Å². The molecule has 0 atom stereocenters. The van der Waals surface area contributed by atoms with Gasteiger partial charge >= 0.3 is 5.97 Å². The molecule has 0 unspecified atom stereocenters. The third-order valence-corrected chi connectivity index (χ3v) is 3.79. The summed E-state index contributed by atoms with van der Waals surface area (Å²) in [6.07, 6.45) is 3.88. The van der Waals surface area contributed by atoms with Crippen LogP contribution in [0.1, 0.15) is 32.6 Å². The molecule has 2 aliphatic rings. The van der Waals surface area contributed by atoms with Crippen LogP contribution in [0.2, 0.25) is 0 Å². The van der Waals surface area contributed by atoms with Crippen molar-refractivity contribution in [1.29, 1.82) is 0 Å². The van der Waals surface area contributed by atoms with E-state index >= 15 is 0 Å². The number of nitrogens with one attached hydrogen (secondary N) is 1. The van der Waals surface area contributed by atoms with Crippen LogP contribution in [0, 0.1) is 17.3 Å². The highest BCUT2D eigenvalue weighted by Crippen LogP contribution is 2.60. The van der Waals surface area contributed by atoms with Crippen LogP contribution in [0.15, 0.2) is 0 Å². The van der Waals surface area contributed by atoms with Gasteiger partial charge in [-0.05, 0) is 37.0 Å². The number of carboxylic acids is 1. The lowest BCUT2D eigenvalue weighted by Gasteiger charge is -2.56. The molecule has 0 aromatic heterocycles. The van der Waals surface area contributed by atoms with Crippen LogP contribution in [0.3, 0.4) is 0 Å². The minimum atomic E-state index is -0.647. The van der Waals surface area contributed by atoms with Crippen molar-refractivity contribution < 1.29 is 14.7 Å². The summed E-state index contributed by atoms with van der Waals surface area (Å²) >= 11 is 0. The number of hydrogen-bond donors (Lipinski definition) is 2. The lowest BCUT2D eigenvalue weighted by atomic mass is 9.48. The van der Waals surface area contributed by atoms with Crippen LogP contribution in [0.4, 0.5) is 0 Å². The highest BCUT2D eigenvalue weighted by Gasteiger charge is 2.54. The first-order valence-corrected chi connectivity index (χ1v) is 5.48. The summed E-state index contributed by atoms with van der Waals surface area (Å²) in [5.74, 6) is -0.158. The molecule has 2 N–H and O–H groups in total. The van der Waals surface area contributed by atoms with Crippen LogP contribution < -0.4 is 5.32 Å². The Labute approximate surface area is 89.0 Å². The average Bonchev–Trinajstić information content (AvgIpc) is 1.96. The molecule has 1 amide bonds. The standard InChI is InChI=1S/C11H17NO3/c1-7(13)12-6-8-2-11(3-8)4-9(5-11)10(14)15/h8-9H,2-6H2,1H3,(H,12,13)(H,14,15). The molecule has 2 aliphatic carbocycles. The molecule has 0 aliphatic heterocycles. The Morgan fingerprint density at radius 1 is 1.33 bits per heavy atom. The monoisotopic (exact) mass is 211 g/mol. The Morgan fingerprint density at radius 3 is 2.40 bits per heavy atom. The smallest absolute Gasteiger partial charge is 0.306 e. The van der Waals surface area contributed by atoms with Crippen LogP contribution in [-0.2, 0) is 9.59 Å². The molecule has 0 saturated heterocycles. The predicted octanol–water partition coefficient (Wildman–Crippen LogP) is 1.01. The second-order valence-electron chi connectivity index (χ2n) is 5.15. The van der Waals surface area contributed by atoms with E-state index in [0.29, 0.717) is 11.3 Å². The van der Waals surface area contributed by atoms with E-state index < -0.39 is 5.97 Å². The third kappa shape index (κ3) is 1.98. The fourth-order valence-electron chi connectivity index (χ4n) is 3.09. The normalized spacial score (nSPS) is 37.9.